The fourth-order valence-corrected chi connectivity index (χ4v) is 2.20. The van der Waals surface area contributed by atoms with Crippen molar-refractivity contribution in [3.05, 3.63) is 42.0 Å². The summed E-state index contributed by atoms with van der Waals surface area (Å²) in [5.74, 6) is 0.816. The fraction of sp³-hybridized carbons (Fsp3) is 0.467. The van der Waals surface area contributed by atoms with Crippen LogP contribution < -0.4 is 10.1 Å². The van der Waals surface area contributed by atoms with E-state index in [1.807, 2.05) is 24.3 Å². The Bertz CT molecular complexity index is 386. The van der Waals surface area contributed by atoms with E-state index in [1.165, 1.54) is 0 Å². The molecule has 0 aromatic heterocycles. The monoisotopic (exact) mass is 247 g/mol. The lowest BCUT2D eigenvalue weighted by Crippen LogP contribution is -2.33. The van der Waals surface area contributed by atoms with Crippen molar-refractivity contribution in [2.24, 2.45) is 0 Å². The van der Waals surface area contributed by atoms with Crippen LogP contribution in [0.4, 0.5) is 0 Å². The highest BCUT2D eigenvalue weighted by atomic mass is 16.5. The number of ether oxygens (including phenoxy) is 1. The normalized spacial score (nSPS) is 20.7. The second kappa shape index (κ2) is 6.57. The average molecular weight is 247 g/mol. The van der Waals surface area contributed by atoms with Gasteiger partial charge in [0.05, 0.1) is 13.2 Å². The Morgan fingerprint density at radius 2 is 2.11 bits per heavy atom. The lowest BCUT2D eigenvalue weighted by atomic mass is 10.0. The van der Waals surface area contributed by atoms with Crippen LogP contribution in [0.2, 0.25) is 0 Å². The van der Waals surface area contributed by atoms with Crippen LogP contribution in [-0.2, 0) is 0 Å². The lowest BCUT2D eigenvalue weighted by Gasteiger charge is -2.21. The highest BCUT2D eigenvalue weighted by Crippen LogP contribution is 2.18. The lowest BCUT2D eigenvalue weighted by molar-refractivity contribution is 0.168. The maximum absolute atomic E-state index is 10.1. The quantitative estimate of drug-likeness (QED) is 0.785. The maximum Gasteiger partial charge on any atom is 0.118 e. The van der Waals surface area contributed by atoms with Crippen LogP contribution in [0.3, 0.4) is 0 Å². The zero-order chi connectivity index (χ0) is 12.8. The molecular weight excluding hydrogens is 226 g/mol. The maximum atomic E-state index is 10.1. The van der Waals surface area contributed by atoms with E-state index in [4.69, 9.17) is 4.74 Å². The number of aliphatic hydroxyl groups excluding tert-OH is 1. The zero-order valence-corrected chi connectivity index (χ0v) is 10.8. The van der Waals surface area contributed by atoms with Crippen molar-refractivity contribution in [3.8, 4) is 5.75 Å². The highest BCUT2D eigenvalue weighted by molar-refractivity contribution is 5.28. The van der Waals surface area contributed by atoms with Gasteiger partial charge >= 0.3 is 0 Å². The van der Waals surface area contributed by atoms with E-state index in [9.17, 15) is 5.11 Å². The number of aliphatic hydroxyl groups is 1. The molecule has 0 saturated carbocycles. The molecule has 0 fully saturated rings. The SMILES string of the molecule is COc1ccc(C(O)CNC2CC=CCC2)cc1. The number of benzene rings is 1. The fourth-order valence-electron chi connectivity index (χ4n) is 2.20. The van der Waals surface area contributed by atoms with Gasteiger partial charge in [0.15, 0.2) is 0 Å². The van der Waals surface area contributed by atoms with Crippen molar-refractivity contribution >= 4 is 0 Å². The van der Waals surface area contributed by atoms with Crippen LogP contribution in [0.5, 0.6) is 5.75 Å². The van der Waals surface area contributed by atoms with Gasteiger partial charge in [0.1, 0.15) is 5.75 Å². The van der Waals surface area contributed by atoms with Gasteiger partial charge < -0.3 is 15.2 Å². The summed E-state index contributed by atoms with van der Waals surface area (Å²) in [6.45, 7) is 0.602. The zero-order valence-electron chi connectivity index (χ0n) is 10.8. The summed E-state index contributed by atoms with van der Waals surface area (Å²) in [5, 5.41) is 13.5. The van der Waals surface area contributed by atoms with Gasteiger partial charge in [0, 0.05) is 12.6 Å². The van der Waals surface area contributed by atoms with Crippen molar-refractivity contribution in [1.29, 1.82) is 0 Å². The molecule has 98 valence electrons. The molecule has 0 saturated heterocycles. The number of allylic oxidation sites excluding steroid dienone is 1. The first-order valence-corrected chi connectivity index (χ1v) is 6.50. The van der Waals surface area contributed by atoms with Gasteiger partial charge in [0.25, 0.3) is 0 Å². The first-order chi connectivity index (χ1) is 8.79. The minimum atomic E-state index is -0.457. The minimum absolute atomic E-state index is 0.457. The second-order valence-electron chi connectivity index (χ2n) is 4.68. The van der Waals surface area contributed by atoms with Crippen molar-refractivity contribution in [2.75, 3.05) is 13.7 Å². The van der Waals surface area contributed by atoms with Gasteiger partial charge in [-0.25, -0.2) is 0 Å². The van der Waals surface area contributed by atoms with E-state index in [0.717, 1.165) is 30.6 Å². The molecule has 1 aromatic carbocycles. The summed E-state index contributed by atoms with van der Waals surface area (Å²) in [7, 11) is 1.64. The van der Waals surface area contributed by atoms with E-state index < -0.39 is 6.10 Å². The Balaban J connectivity index is 1.82. The number of rotatable bonds is 5. The van der Waals surface area contributed by atoms with Crippen molar-refractivity contribution < 1.29 is 9.84 Å². The smallest absolute Gasteiger partial charge is 0.118 e. The molecule has 0 amide bonds. The van der Waals surface area contributed by atoms with Gasteiger partial charge in [-0.2, -0.15) is 0 Å². The largest absolute Gasteiger partial charge is 0.497 e. The molecule has 0 bridgehead atoms. The van der Waals surface area contributed by atoms with E-state index in [1.54, 1.807) is 7.11 Å². The van der Waals surface area contributed by atoms with Crippen LogP contribution in [0.1, 0.15) is 30.9 Å². The molecule has 0 heterocycles. The van der Waals surface area contributed by atoms with Crippen LogP contribution in [0.15, 0.2) is 36.4 Å². The van der Waals surface area contributed by atoms with Crippen LogP contribution in [0, 0.1) is 0 Å². The molecule has 0 spiro atoms. The minimum Gasteiger partial charge on any atom is -0.497 e. The highest BCUT2D eigenvalue weighted by Gasteiger charge is 2.12. The van der Waals surface area contributed by atoms with Crippen molar-refractivity contribution in [3.63, 3.8) is 0 Å². The topological polar surface area (TPSA) is 41.5 Å². The summed E-state index contributed by atoms with van der Waals surface area (Å²) in [6.07, 6.45) is 7.33. The third kappa shape index (κ3) is 3.59. The summed E-state index contributed by atoms with van der Waals surface area (Å²) in [6, 6.07) is 8.07. The Kier molecular flexibility index (Phi) is 4.79. The van der Waals surface area contributed by atoms with Gasteiger partial charge in [-0.3, -0.25) is 0 Å². The molecule has 1 aliphatic rings. The molecular formula is C15H21NO2. The predicted octanol–water partition coefficient (Wildman–Crippen LogP) is 2.43. The molecule has 18 heavy (non-hydrogen) atoms. The third-order valence-electron chi connectivity index (χ3n) is 3.37. The first-order valence-electron chi connectivity index (χ1n) is 6.50. The molecule has 0 radical (unpaired) electrons. The van der Waals surface area contributed by atoms with Gasteiger partial charge in [-0.1, -0.05) is 24.3 Å². The van der Waals surface area contributed by atoms with Gasteiger partial charge in [-0.05, 0) is 37.0 Å². The summed E-state index contributed by atoms with van der Waals surface area (Å²) in [5.41, 5.74) is 0.926. The van der Waals surface area contributed by atoms with Gasteiger partial charge in [0.2, 0.25) is 0 Å². The number of nitrogens with one attached hydrogen (secondary N) is 1. The molecule has 2 unspecified atom stereocenters. The number of hydrogen-bond acceptors (Lipinski definition) is 3. The van der Waals surface area contributed by atoms with Gasteiger partial charge in [-0.15, -0.1) is 0 Å². The molecule has 0 aliphatic heterocycles. The molecule has 2 rings (SSSR count). The standard InChI is InChI=1S/C15H21NO2/c1-18-14-9-7-12(8-10-14)15(17)11-16-13-5-3-2-4-6-13/h2-3,7-10,13,15-17H,4-6,11H2,1H3. The first kappa shape index (κ1) is 13.1. The number of hydrogen-bond donors (Lipinski definition) is 2. The molecule has 1 aliphatic carbocycles. The molecule has 3 nitrogen and oxygen atoms in total. The van der Waals surface area contributed by atoms with Crippen molar-refractivity contribution in [1.82, 2.24) is 5.32 Å². The number of methoxy groups -OCH3 is 1. The summed E-state index contributed by atoms with van der Waals surface area (Å²) in [4.78, 5) is 0. The molecule has 2 N–H and O–H groups in total. The third-order valence-corrected chi connectivity index (χ3v) is 3.37. The molecule has 3 heteroatoms. The van der Waals surface area contributed by atoms with Crippen LogP contribution in [-0.4, -0.2) is 24.8 Å². The van der Waals surface area contributed by atoms with E-state index in [0.29, 0.717) is 12.6 Å². The summed E-state index contributed by atoms with van der Waals surface area (Å²) < 4.78 is 5.10. The van der Waals surface area contributed by atoms with E-state index in [-0.39, 0.29) is 0 Å². The second-order valence-corrected chi connectivity index (χ2v) is 4.68. The molecule has 2 atom stereocenters. The van der Waals surface area contributed by atoms with Crippen LogP contribution in [0.25, 0.3) is 0 Å². The Morgan fingerprint density at radius 3 is 2.72 bits per heavy atom. The average Bonchev–Trinajstić information content (AvgIpc) is 2.46. The van der Waals surface area contributed by atoms with Crippen LogP contribution >= 0.6 is 0 Å². The summed E-state index contributed by atoms with van der Waals surface area (Å²) >= 11 is 0. The van der Waals surface area contributed by atoms with Crippen molar-refractivity contribution in [2.45, 2.75) is 31.4 Å². The van der Waals surface area contributed by atoms with E-state index >= 15 is 0 Å². The molecule has 1 aromatic rings. The predicted molar refractivity (Wildman–Crippen MR) is 72.7 cm³/mol. The Labute approximate surface area is 108 Å². The Morgan fingerprint density at radius 1 is 1.33 bits per heavy atom. The Hall–Kier alpha value is -1.32. The van der Waals surface area contributed by atoms with E-state index in [2.05, 4.69) is 17.5 Å².